The molecule has 0 spiro atoms. The van der Waals surface area contributed by atoms with Crippen LogP contribution in [0.5, 0.6) is 0 Å². The maximum atomic E-state index is 3.96. The van der Waals surface area contributed by atoms with Gasteiger partial charge < -0.3 is 4.98 Å². The zero-order chi connectivity index (χ0) is 19.4. The van der Waals surface area contributed by atoms with Gasteiger partial charge in [0.1, 0.15) is 0 Å². The van der Waals surface area contributed by atoms with Crippen LogP contribution in [0, 0.1) is 6.92 Å². The fourth-order valence-electron chi connectivity index (χ4n) is 3.06. The summed E-state index contributed by atoms with van der Waals surface area (Å²) >= 11 is 0. The van der Waals surface area contributed by atoms with E-state index in [1.165, 1.54) is 22.2 Å². The fraction of sp³-hybridized carbons (Fsp3) is 0.160. The lowest BCUT2D eigenvalue weighted by atomic mass is 9.66. The first-order valence-corrected chi connectivity index (χ1v) is 9.74. The van der Waals surface area contributed by atoms with Gasteiger partial charge in [0, 0.05) is 18.3 Å². The van der Waals surface area contributed by atoms with Crippen molar-refractivity contribution >= 4 is 12.7 Å². The third-order valence-electron chi connectivity index (χ3n) is 4.49. The van der Waals surface area contributed by atoms with Gasteiger partial charge in [-0.25, -0.2) is 4.98 Å². The highest BCUT2D eigenvalue weighted by atomic mass is 14.9. The predicted molar refractivity (Wildman–Crippen MR) is 119 cm³/mol. The van der Waals surface area contributed by atoms with Gasteiger partial charge in [0.25, 0.3) is 0 Å². The fourth-order valence-corrected chi connectivity index (χ4v) is 3.06. The summed E-state index contributed by atoms with van der Waals surface area (Å²) in [6, 6.07) is 29.6. The van der Waals surface area contributed by atoms with Gasteiger partial charge in [0.15, 0.2) is 7.28 Å². The Morgan fingerprint density at radius 1 is 0.821 bits per heavy atom. The maximum Gasteiger partial charge on any atom is 0.151 e. The lowest BCUT2D eigenvalue weighted by Gasteiger charge is -2.02. The predicted octanol–water partition coefficient (Wildman–Crippen LogP) is 4.99. The molecule has 4 aromatic rings. The average Bonchev–Trinajstić information content (AvgIpc) is 3.23. The second kappa shape index (κ2) is 10.9. The average molecular weight is 365 g/mol. The van der Waals surface area contributed by atoms with Crippen LogP contribution in [0.2, 0.25) is 6.32 Å². The quantitative estimate of drug-likeness (QED) is 0.480. The molecule has 0 bridgehead atoms. The van der Waals surface area contributed by atoms with Crippen molar-refractivity contribution in [2.45, 2.75) is 26.1 Å². The molecule has 28 heavy (non-hydrogen) atoms. The number of imidazole rings is 1. The van der Waals surface area contributed by atoms with E-state index < -0.39 is 0 Å². The van der Waals surface area contributed by atoms with E-state index in [1.807, 2.05) is 24.4 Å². The highest BCUT2D eigenvalue weighted by molar-refractivity contribution is 6.53. The van der Waals surface area contributed by atoms with E-state index in [-0.39, 0.29) is 0 Å². The highest BCUT2D eigenvalue weighted by Gasteiger charge is 1.97. The molecule has 0 aliphatic heterocycles. The molecule has 1 heterocycles. The maximum absolute atomic E-state index is 3.96. The summed E-state index contributed by atoms with van der Waals surface area (Å²) in [7, 11) is 2.29. The van der Waals surface area contributed by atoms with Crippen LogP contribution in [-0.4, -0.2) is 17.2 Å². The molecule has 3 aromatic carbocycles. The van der Waals surface area contributed by atoms with Gasteiger partial charge in [0.2, 0.25) is 0 Å². The molecule has 1 N–H and O–H groups in total. The monoisotopic (exact) mass is 365 g/mol. The molecular weight excluding hydrogens is 339 g/mol. The summed E-state index contributed by atoms with van der Waals surface area (Å²) < 4.78 is 0. The molecule has 0 atom stereocenters. The van der Waals surface area contributed by atoms with Crippen LogP contribution in [0.1, 0.15) is 22.4 Å². The Labute approximate surface area is 168 Å². The number of benzene rings is 3. The molecular formula is C25H26BN2. The van der Waals surface area contributed by atoms with Crippen molar-refractivity contribution in [2.75, 3.05) is 0 Å². The minimum atomic E-state index is 0.931. The second-order valence-corrected chi connectivity index (χ2v) is 6.88. The third-order valence-corrected chi connectivity index (χ3v) is 4.49. The Hall–Kier alpha value is -3.07. The van der Waals surface area contributed by atoms with Crippen LogP contribution >= 0.6 is 0 Å². The number of hydrogen-bond acceptors (Lipinski definition) is 1. The van der Waals surface area contributed by atoms with E-state index in [2.05, 4.69) is 90.9 Å². The Bertz CT molecular complexity index is 919. The Morgan fingerprint density at radius 2 is 1.54 bits per heavy atom. The minimum absolute atomic E-state index is 0.931. The van der Waals surface area contributed by atoms with E-state index in [0.29, 0.717) is 0 Å². The molecule has 0 fully saturated rings. The van der Waals surface area contributed by atoms with E-state index in [1.54, 1.807) is 6.33 Å². The molecule has 4 rings (SSSR count). The zero-order valence-electron chi connectivity index (χ0n) is 16.4. The topological polar surface area (TPSA) is 28.7 Å². The standard InChI is InChI=1S/C15H16B.C10H10N2/c1-13-6-5-7-14(12-13)10-11-16-15-8-3-2-4-9-15;1-2-4-9(5-3-1)6-10-7-11-8-12-10/h2-9,12H,10-11H2,1H3;1-5,7-8H,6H2,(H,11,12). The molecule has 3 heteroatoms. The summed E-state index contributed by atoms with van der Waals surface area (Å²) in [5.74, 6) is 0. The van der Waals surface area contributed by atoms with Crippen LogP contribution in [0.4, 0.5) is 0 Å². The molecule has 0 amide bonds. The number of rotatable bonds is 6. The first-order valence-electron chi connectivity index (χ1n) is 9.74. The Balaban J connectivity index is 0.000000167. The van der Waals surface area contributed by atoms with Gasteiger partial charge in [0.05, 0.1) is 6.33 Å². The minimum Gasteiger partial charge on any atom is -0.348 e. The van der Waals surface area contributed by atoms with E-state index in [9.17, 15) is 0 Å². The van der Waals surface area contributed by atoms with Crippen LogP contribution in [0.3, 0.4) is 0 Å². The first-order chi connectivity index (χ1) is 13.8. The van der Waals surface area contributed by atoms with Crippen molar-refractivity contribution in [3.8, 4) is 0 Å². The number of nitrogens with one attached hydrogen (secondary N) is 1. The van der Waals surface area contributed by atoms with Crippen molar-refractivity contribution < 1.29 is 0 Å². The number of nitrogens with zero attached hydrogens (tertiary/aromatic N) is 1. The van der Waals surface area contributed by atoms with Gasteiger partial charge in [-0.15, -0.1) is 0 Å². The lowest BCUT2D eigenvalue weighted by Crippen LogP contribution is -2.13. The lowest BCUT2D eigenvalue weighted by molar-refractivity contribution is 1.11. The molecule has 1 aromatic heterocycles. The number of H-pyrrole nitrogens is 1. The first kappa shape index (κ1) is 19.7. The molecule has 0 saturated carbocycles. The van der Waals surface area contributed by atoms with Gasteiger partial charge >= 0.3 is 0 Å². The van der Waals surface area contributed by atoms with Gasteiger partial charge in [-0.2, -0.15) is 0 Å². The van der Waals surface area contributed by atoms with Crippen LogP contribution < -0.4 is 5.46 Å². The largest absolute Gasteiger partial charge is 0.348 e. The molecule has 0 saturated heterocycles. The molecule has 1 radical (unpaired) electrons. The van der Waals surface area contributed by atoms with Crippen LogP contribution in [0.25, 0.3) is 0 Å². The van der Waals surface area contributed by atoms with Gasteiger partial charge in [-0.05, 0) is 24.5 Å². The number of aromatic amines is 1. The third kappa shape index (κ3) is 6.92. The Morgan fingerprint density at radius 3 is 2.21 bits per heavy atom. The summed E-state index contributed by atoms with van der Waals surface area (Å²) in [5.41, 5.74) is 6.54. The summed E-state index contributed by atoms with van der Waals surface area (Å²) in [4.78, 5) is 7.04. The smallest absolute Gasteiger partial charge is 0.151 e. The molecule has 0 unspecified atom stereocenters. The van der Waals surface area contributed by atoms with Crippen LogP contribution in [0.15, 0.2) is 97.5 Å². The van der Waals surface area contributed by atoms with Crippen molar-refractivity contribution in [3.63, 3.8) is 0 Å². The zero-order valence-corrected chi connectivity index (χ0v) is 16.4. The second-order valence-electron chi connectivity index (χ2n) is 6.88. The van der Waals surface area contributed by atoms with Gasteiger partial charge in [-0.1, -0.05) is 102 Å². The Kier molecular flexibility index (Phi) is 7.69. The SMILES string of the molecule is Cc1cccc(CC[B]c2ccccc2)c1.c1ccc(Cc2cnc[nH]2)cc1. The summed E-state index contributed by atoms with van der Waals surface area (Å²) in [6.07, 6.45) is 6.72. The van der Waals surface area contributed by atoms with E-state index in [0.717, 1.165) is 24.9 Å². The van der Waals surface area contributed by atoms with Crippen molar-refractivity contribution in [3.05, 3.63) is 120 Å². The van der Waals surface area contributed by atoms with E-state index >= 15 is 0 Å². The molecule has 139 valence electrons. The number of aromatic nitrogens is 2. The number of aryl methyl sites for hydroxylation is 2. The summed E-state index contributed by atoms with van der Waals surface area (Å²) in [5, 5.41) is 0. The molecule has 0 aliphatic rings. The summed E-state index contributed by atoms with van der Waals surface area (Å²) in [6.45, 7) is 2.14. The van der Waals surface area contributed by atoms with E-state index in [4.69, 9.17) is 0 Å². The number of hydrogen-bond donors (Lipinski definition) is 1. The van der Waals surface area contributed by atoms with Crippen molar-refractivity contribution in [2.24, 2.45) is 0 Å². The molecule has 0 aliphatic carbocycles. The van der Waals surface area contributed by atoms with Gasteiger partial charge in [-0.3, -0.25) is 0 Å². The van der Waals surface area contributed by atoms with Crippen molar-refractivity contribution in [1.82, 2.24) is 9.97 Å². The normalized spacial score (nSPS) is 10.0. The highest BCUT2D eigenvalue weighted by Crippen LogP contribution is 2.06. The van der Waals surface area contributed by atoms with Crippen molar-refractivity contribution in [1.29, 1.82) is 0 Å². The van der Waals surface area contributed by atoms with Crippen LogP contribution in [-0.2, 0) is 12.8 Å². The molecule has 2 nitrogen and oxygen atoms in total.